The quantitative estimate of drug-likeness (QED) is 0.620. The number of ether oxygens (including phenoxy) is 1. The van der Waals surface area contributed by atoms with E-state index in [2.05, 4.69) is 16.5 Å². The zero-order valence-corrected chi connectivity index (χ0v) is 14.7. The van der Waals surface area contributed by atoms with Gasteiger partial charge in [0.15, 0.2) is 0 Å². The molecule has 0 radical (unpaired) electrons. The van der Waals surface area contributed by atoms with Gasteiger partial charge in [0.1, 0.15) is 5.75 Å². The molecule has 0 atom stereocenters. The molecule has 1 aromatic heterocycles. The Kier molecular flexibility index (Phi) is 6.35. The van der Waals surface area contributed by atoms with E-state index in [-0.39, 0.29) is 5.91 Å². The van der Waals surface area contributed by atoms with E-state index in [9.17, 15) is 4.79 Å². The van der Waals surface area contributed by atoms with Crippen LogP contribution in [0.4, 0.5) is 5.69 Å². The summed E-state index contributed by atoms with van der Waals surface area (Å²) in [4.78, 5) is 12.1. The van der Waals surface area contributed by atoms with Crippen molar-refractivity contribution in [2.45, 2.75) is 26.7 Å². The fraction of sp³-hybridized carbons (Fsp3) is 0.316. The van der Waals surface area contributed by atoms with Crippen molar-refractivity contribution in [3.05, 3.63) is 47.3 Å². The van der Waals surface area contributed by atoms with Crippen LogP contribution in [-0.4, -0.2) is 22.3 Å². The summed E-state index contributed by atoms with van der Waals surface area (Å²) in [5.41, 5.74) is 3.51. The Morgan fingerprint density at radius 1 is 1.44 bits per heavy atom. The fourth-order valence-corrected chi connectivity index (χ4v) is 2.38. The molecule has 1 heterocycles. The molecule has 25 heavy (non-hydrogen) atoms. The van der Waals surface area contributed by atoms with Crippen LogP contribution in [0.1, 0.15) is 29.8 Å². The number of benzene rings is 1. The van der Waals surface area contributed by atoms with E-state index in [0.717, 1.165) is 17.0 Å². The van der Waals surface area contributed by atoms with E-state index in [1.807, 2.05) is 33.0 Å². The second-order valence-electron chi connectivity index (χ2n) is 5.67. The summed E-state index contributed by atoms with van der Waals surface area (Å²) in [5, 5.41) is 15.6. The largest absolute Gasteiger partial charge is 0.493 e. The molecule has 0 saturated heterocycles. The predicted molar refractivity (Wildman–Crippen MR) is 97.1 cm³/mol. The Morgan fingerprint density at radius 3 is 2.92 bits per heavy atom. The first kappa shape index (κ1) is 18.3. The van der Waals surface area contributed by atoms with Gasteiger partial charge in [-0.2, -0.15) is 10.4 Å². The molecule has 0 aliphatic heterocycles. The van der Waals surface area contributed by atoms with Gasteiger partial charge >= 0.3 is 0 Å². The third-order valence-corrected chi connectivity index (χ3v) is 3.77. The molecule has 0 aliphatic rings. The molecule has 2 rings (SSSR count). The van der Waals surface area contributed by atoms with Crippen LogP contribution >= 0.6 is 0 Å². The van der Waals surface area contributed by atoms with Crippen LogP contribution in [0.5, 0.6) is 5.75 Å². The van der Waals surface area contributed by atoms with E-state index in [1.54, 1.807) is 22.9 Å². The minimum Gasteiger partial charge on any atom is -0.493 e. The van der Waals surface area contributed by atoms with Crippen LogP contribution in [0.15, 0.2) is 30.3 Å². The molecule has 1 amide bonds. The normalized spacial score (nSPS) is 10.6. The highest BCUT2D eigenvalue weighted by Gasteiger charge is 2.07. The van der Waals surface area contributed by atoms with E-state index in [4.69, 9.17) is 10.00 Å². The Labute approximate surface area is 147 Å². The number of carbonyl (C=O) groups excluding carboxylic acids is 1. The van der Waals surface area contributed by atoms with Crippen LogP contribution in [0.2, 0.25) is 0 Å². The zero-order valence-electron chi connectivity index (χ0n) is 14.7. The molecule has 0 saturated carbocycles. The number of rotatable bonds is 7. The SMILES string of the molecule is Cc1nn(C)c(C)c1C=CC(=O)Nc1cccc(OCCCC#N)c1. The summed E-state index contributed by atoms with van der Waals surface area (Å²) in [7, 11) is 1.88. The van der Waals surface area contributed by atoms with Crippen molar-refractivity contribution in [1.82, 2.24) is 9.78 Å². The second-order valence-corrected chi connectivity index (χ2v) is 5.67. The van der Waals surface area contributed by atoms with Gasteiger partial charge in [-0.1, -0.05) is 6.07 Å². The van der Waals surface area contributed by atoms with Crippen molar-refractivity contribution < 1.29 is 9.53 Å². The van der Waals surface area contributed by atoms with Gasteiger partial charge in [0.25, 0.3) is 0 Å². The number of anilines is 1. The smallest absolute Gasteiger partial charge is 0.248 e. The molecule has 2 aromatic rings. The molecule has 0 fully saturated rings. The van der Waals surface area contributed by atoms with Gasteiger partial charge in [-0.05, 0) is 38.5 Å². The minimum absolute atomic E-state index is 0.218. The van der Waals surface area contributed by atoms with E-state index >= 15 is 0 Å². The molecule has 1 aromatic carbocycles. The Morgan fingerprint density at radius 2 is 2.24 bits per heavy atom. The highest BCUT2D eigenvalue weighted by Crippen LogP contribution is 2.18. The number of aromatic nitrogens is 2. The standard InChI is InChI=1S/C19H22N4O2/c1-14-18(15(2)23(3)22-14)9-10-19(24)21-16-7-6-8-17(13-16)25-12-5-4-11-20/h6-10,13H,4-5,12H2,1-3H3,(H,21,24). The topological polar surface area (TPSA) is 79.9 Å². The summed E-state index contributed by atoms with van der Waals surface area (Å²) in [5.74, 6) is 0.447. The first-order valence-corrected chi connectivity index (χ1v) is 8.10. The summed E-state index contributed by atoms with van der Waals surface area (Å²) in [6.45, 7) is 4.35. The van der Waals surface area contributed by atoms with E-state index in [0.29, 0.717) is 30.9 Å². The van der Waals surface area contributed by atoms with Crippen molar-refractivity contribution in [3.8, 4) is 11.8 Å². The van der Waals surface area contributed by atoms with Crippen LogP contribution < -0.4 is 10.1 Å². The summed E-state index contributed by atoms with van der Waals surface area (Å²) in [6.07, 6.45) is 4.42. The summed E-state index contributed by atoms with van der Waals surface area (Å²) in [6, 6.07) is 9.27. The number of unbranched alkanes of at least 4 members (excludes halogenated alkanes) is 1. The molecule has 0 unspecified atom stereocenters. The lowest BCUT2D eigenvalue weighted by Gasteiger charge is -2.07. The van der Waals surface area contributed by atoms with Crippen LogP contribution in [-0.2, 0) is 11.8 Å². The number of hydrogen-bond donors (Lipinski definition) is 1. The third-order valence-electron chi connectivity index (χ3n) is 3.77. The molecule has 1 N–H and O–H groups in total. The average Bonchev–Trinajstić information content (AvgIpc) is 2.82. The van der Waals surface area contributed by atoms with Crippen molar-refractivity contribution >= 4 is 17.7 Å². The average molecular weight is 338 g/mol. The molecule has 130 valence electrons. The van der Waals surface area contributed by atoms with Gasteiger partial charge in [0, 0.05) is 42.6 Å². The second kappa shape index (κ2) is 8.69. The maximum atomic E-state index is 12.1. The van der Waals surface area contributed by atoms with Gasteiger partial charge in [-0.25, -0.2) is 0 Å². The van der Waals surface area contributed by atoms with Gasteiger partial charge < -0.3 is 10.1 Å². The molecular weight excluding hydrogens is 316 g/mol. The number of aryl methyl sites for hydroxylation is 2. The Balaban J connectivity index is 1.96. The molecule has 0 bridgehead atoms. The van der Waals surface area contributed by atoms with E-state index in [1.165, 1.54) is 6.08 Å². The first-order chi connectivity index (χ1) is 12.0. The Bertz CT molecular complexity index is 815. The van der Waals surface area contributed by atoms with Crippen LogP contribution in [0.25, 0.3) is 6.08 Å². The number of nitrogens with one attached hydrogen (secondary N) is 1. The van der Waals surface area contributed by atoms with E-state index < -0.39 is 0 Å². The highest BCUT2D eigenvalue weighted by atomic mass is 16.5. The summed E-state index contributed by atoms with van der Waals surface area (Å²) >= 11 is 0. The predicted octanol–water partition coefficient (Wildman–Crippen LogP) is 3.37. The maximum Gasteiger partial charge on any atom is 0.248 e. The monoisotopic (exact) mass is 338 g/mol. The van der Waals surface area contributed by atoms with Crippen LogP contribution in [0, 0.1) is 25.2 Å². The van der Waals surface area contributed by atoms with Gasteiger partial charge in [0.2, 0.25) is 5.91 Å². The van der Waals surface area contributed by atoms with Gasteiger partial charge in [-0.15, -0.1) is 0 Å². The molecular formula is C19H22N4O2. The number of carbonyl (C=O) groups is 1. The number of nitrogens with zero attached hydrogens (tertiary/aromatic N) is 3. The number of amides is 1. The Hall–Kier alpha value is -3.07. The lowest BCUT2D eigenvalue weighted by atomic mass is 10.2. The maximum absolute atomic E-state index is 12.1. The first-order valence-electron chi connectivity index (χ1n) is 8.10. The molecule has 0 aliphatic carbocycles. The lowest BCUT2D eigenvalue weighted by molar-refractivity contribution is -0.111. The fourth-order valence-electron chi connectivity index (χ4n) is 2.38. The molecule has 6 heteroatoms. The van der Waals surface area contributed by atoms with Crippen molar-refractivity contribution in [1.29, 1.82) is 5.26 Å². The molecule has 6 nitrogen and oxygen atoms in total. The highest BCUT2D eigenvalue weighted by molar-refractivity contribution is 6.02. The lowest BCUT2D eigenvalue weighted by Crippen LogP contribution is -2.08. The van der Waals surface area contributed by atoms with Crippen molar-refractivity contribution in [2.75, 3.05) is 11.9 Å². The molecule has 0 spiro atoms. The minimum atomic E-state index is -0.218. The van der Waals surface area contributed by atoms with Crippen LogP contribution in [0.3, 0.4) is 0 Å². The number of nitriles is 1. The van der Waals surface area contributed by atoms with Crippen molar-refractivity contribution in [2.24, 2.45) is 7.05 Å². The van der Waals surface area contributed by atoms with Gasteiger partial charge in [0.05, 0.1) is 18.4 Å². The van der Waals surface area contributed by atoms with Crippen molar-refractivity contribution in [3.63, 3.8) is 0 Å². The van der Waals surface area contributed by atoms with Gasteiger partial charge in [-0.3, -0.25) is 9.48 Å². The zero-order chi connectivity index (χ0) is 18.2. The summed E-state index contributed by atoms with van der Waals surface area (Å²) < 4.78 is 7.35. The third kappa shape index (κ3) is 5.21. The number of hydrogen-bond acceptors (Lipinski definition) is 4.